The maximum atomic E-state index is 12.1. The maximum absolute atomic E-state index is 12.1. The number of hydrogen-bond acceptors (Lipinski definition) is 3. The van der Waals surface area contributed by atoms with E-state index in [2.05, 4.69) is 14.6 Å². The fourth-order valence-electron chi connectivity index (χ4n) is 3.01. The standard InChI is InChI=1S/C16H18F3N3O/c1-21-9-7-20-15(21)13-6-8-22(11-13)10-12-2-4-14(5-3-12)23-16(17,18)19/h2-5,7,9,13H,6,8,10-11H2,1H3. The molecular weight excluding hydrogens is 307 g/mol. The molecule has 0 amide bonds. The molecular formula is C16H18F3N3O. The number of alkyl halides is 3. The highest BCUT2D eigenvalue weighted by molar-refractivity contribution is 5.27. The first kappa shape index (κ1) is 15.9. The van der Waals surface area contributed by atoms with Gasteiger partial charge in [-0.1, -0.05) is 12.1 Å². The molecule has 4 nitrogen and oxygen atoms in total. The van der Waals surface area contributed by atoms with Crippen LogP contribution in [0.25, 0.3) is 0 Å². The number of rotatable bonds is 4. The van der Waals surface area contributed by atoms with Gasteiger partial charge in [-0.3, -0.25) is 4.90 Å². The Labute approximate surface area is 132 Å². The molecule has 7 heteroatoms. The highest BCUT2D eigenvalue weighted by Crippen LogP contribution is 2.27. The molecule has 1 fully saturated rings. The van der Waals surface area contributed by atoms with Crippen LogP contribution in [0, 0.1) is 0 Å². The van der Waals surface area contributed by atoms with Crippen LogP contribution in [-0.2, 0) is 13.6 Å². The molecule has 1 atom stereocenters. The Morgan fingerprint density at radius 2 is 2.00 bits per heavy atom. The van der Waals surface area contributed by atoms with Gasteiger partial charge < -0.3 is 9.30 Å². The summed E-state index contributed by atoms with van der Waals surface area (Å²) in [5.74, 6) is 1.30. The molecule has 2 aromatic rings. The molecule has 1 unspecified atom stereocenters. The third-order valence-electron chi connectivity index (χ3n) is 4.06. The van der Waals surface area contributed by atoms with Gasteiger partial charge in [-0.05, 0) is 30.7 Å². The predicted molar refractivity (Wildman–Crippen MR) is 79.0 cm³/mol. The lowest BCUT2D eigenvalue weighted by Gasteiger charge is -2.16. The van der Waals surface area contributed by atoms with E-state index in [1.807, 2.05) is 17.8 Å². The molecule has 0 spiro atoms. The van der Waals surface area contributed by atoms with E-state index in [1.165, 1.54) is 12.1 Å². The second-order valence-corrected chi connectivity index (χ2v) is 5.81. The number of ether oxygens (including phenoxy) is 1. The Morgan fingerprint density at radius 1 is 1.26 bits per heavy atom. The zero-order chi connectivity index (χ0) is 16.4. The summed E-state index contributed by atoms with van der Waals surface area (Å²) in [6.07, 6.45) is 0.139. The van der Waals surface area contributed by atoms with E-state index in [-0.39, 0.29) is 5.75 Å². The van der Waals surface area contributed by atoms with Crippen LogP contribution in [-0.4, -0.2) is 33.9 Å². The molecule has 2 heterocycles. The van der Waals surface area contributed by atoms with Gasteiger partial charge in [-0.2, -0.15) is 0 Å². The Hall–Kier alpha value is -2.02. The SMILES string of the molecule is Cn1ccnc1C1CCN(Cc2ccc(OC(F)(F)F)cc2)C1. The quantitative estimate of drug-likeness (QED) is 0.864. The average Bonchev–Trinajstić information content (AvgIpc) is 3.08. The van der Waals surface area contributed by atoms with Crippen molar-refractivity contribution in [2.75, 3.05) is 13.1 Å². The zero-order valence-electron chi connectivity index (χ0n) is 12.8. The third-order valence-corrected chi connectivity index (χ3v) is 4.06. The van der Waals surface area contributed by atoms with Crippen molar-refractivity contribution in [3.63, 3.8) is 0 Å². The molecule has 124 valence electrons. The van der Waals surface area contributed by atoms with Gasteiger partial charge in [0.25, 0.3) is 0 Å². The van der Waals surface area contributed by atoms with E-state index in [0.717, 1.165) is 30.9 Å². The van der Waals surface area contributed by atoms with Gasteiger partial charge in [0.1, 0.15) is 11.6 Å². The number of hydrogen-bond donors (Lipinski definition) is 0. The smallest absolute Gasteiger partial charge is 0.406 e. The minimum Gasteiger partial charge on any atom is -0.406 e. The van der Waals surface area contributed by atoms with Gasteiger partial charge in [0.2, 0.25) is 0 Å². The predicted octanol–water partition coefficient (Wildman–Crippen LogP) is 3.31. The normalized spacial score (nSPS) is 19.2. The van der Waals surface area contributed by atoms with Crippen molar-refractivity contribution < 1.29 is 17.9 Å². The Kier molecular flexibility index (Phi) is 4.30. The van der Waals surface area contributed by atoms with Gasteiger partial charge in [-0.15, -0.1) is 13.2 Å². The average molecular weight is 325 g/mol. The number of nitrogens with zero attached hydrogens (tertiary/aromatic N) is 3. The fourth-order valence-corrected chi connectivity index (χ4v) is 3.01. The maximum Gasteiger partial charge on any atom is 0.573 e. The van der Waals surface area contributed by atoms with E-state index in [1.54, 1.807) is 18.3 Å². The molecule has 0 saturated carbocycles. The van der Waals surface area contributed by atoms with Gasteiger partial charge >= 0.3 is 6.36 Å². The second kappa shape index (κ2) is 6.23. The molecule has 23 heavy (non-hydrogen) atoms. The summed E-state index contributed by atoms with van der Waals surface area (Å²) in [7, 11) is 1.99. The minimum absolute atomic E-state index is 0.187. The first-order valence-corrected chi connectivity index (χ1v) is 7.45. The monoisotopic (exact) mass is 325 g/mol. The highest BCUT2D eigenvalue weighted by Gasteiger charge is 2.31. The number of aromatic nitrogens is 2. The van der Waals surface area contributed by atoms with Crippen LogP contribution in [0.5, 0.6) is 5.75 Å². The molecule has 0 aliphatic carbocycles. The molecule has 0 radical (unpaired) electrons. The molecule has 1 aromatic heterocycles. The van der Waals surface area contributed by atoms with Crippen LogP contribution in [0.1, 0.15) is 23.7 Å². The van der Waals surface area contributed by atoms with Gasteiger partial charge in [0.15, 0.2) is 0 Å². The van der Waals surface area contributed by atoms with Crippen LogP contribution in [0.15, 0.2) is 36.7 Å². The molecule has 1 aromatic carbocycles. The van der Waals surface area contributed by atoms with Gasteiger partial charge in [0.05, 0.1) is 0 Å². The third kappa shape index (κ3) is 4.04. The first-order valence-electron chi connectivity index (χ1n) is 7.45. The largest absolute Gasteiger partial charge is 0.573 e. The molecule has 1 saturated heterocycles. The van der Waals surface area contributed by atoms with E-state index in [4.69, 9.17) is 0 Å². The minimum atomic E-state index is -4.65. The summed E-state index contributed by atoms with van der Waals surface area (Å²) in [6, 6.07) is 6.06. The van der Waals surface area contributed by atoms with E-state index >= 15 is 0 Å². The Morgan fingerprint density at radius 3 is 2.61 bits per heavy atom. The van der Waals surface area contributed by atoms with Crippen LogP contribution >= 0.6 is 0 Å². The number of aryl methyl sites for hydroxylation is 1. The van der Waals surface area contributed by atoms with E-state index in [0.29, 0.717) is 12.5 Å². The van der Waals surface area contributed by atoms with E-state index in [9.17, 15) is 13.2 Å². The lowest BCUT2D eigenvalue weighted by molar-refractivity contribution is -0.274. The summed E-state index contributed by atoms with van der Waals surface area (Å²) in [5.41, 5.74) is 0.972. The summed E-state index contributed by atoms with van der Waals surface area (Å²) in [4.78, 5) is 6.69. The fraction of sp³-hybridized carbons (Fsp3) is 0.438. The summed E-state index contributed by atoms with van der Waals surface area (Å²) >= 11 is 0. The van der Waals surface area contributed by atoms with Crippen LogP contribution in [0.2, 0.25) is 0 Å². The lowest BCUT2D eigenvalue weighted by Crippen LogP contribution is -2.20. The molecule has 1 aliphatic rings. The number of likely N-dealkylation sites (tertiary alicyclic amines) is 1. The van der Waals surface area contributed by atoms with Crippen molar-refractivity contribution in [1.82, 2.24) is 14.5 Å². The van der Waals surface area contributed by atoms with Crippen LogP contribution < -0.4 is 4.74 Å². The topological polar surface area (TPSA) is 30.3 Å². The van der Waals surface area contributed by atoms with Crippen LogP contribution in [0.3, 0.4) is 0 Å². The second-order valence-electron chi connectivity index (χ2n) is 5.81. The number of benzene rings is 1. The molecule has 3 rings (SSSR count). The van der Waals surface area contributed by atoms with Crippen molar-refractivity contribution in [3.8, 4) is 5.75 Å². The van der Waals surface area contributed by atoms with Crippen molar-refractivity contribution in [2.45, 2.75) is 25.2 Å². The van der Waals surface area contributed by atoms with Crippen LogP contribution in [0.4, 0.5) is 13.2 Å². The number of halogens is 3. The van der Waals surface area contributed by atoms with E-state index < -0.39 is 6.36 Å². The highest BCUT2D eigenvalue weighted by atomic mass is 19.4. The Balaban J connectivity index is 1.57. The number of imidazole rings is 1. The zero-order valence-corrected chi connectivity index (χ0v) is 12.8. The summed E-state index contributed by atoms with van der Waals surface area (Å²) in [5, 5.41) is 0. The molecule has 0 N–H and O–H groups in total. The van der Waals surface area contributed by atoms with Crippen molar-refractivity contribution >= 4 is 0 Å². The summed E-state index contributed by atoms with van der Waals surface area (Å²) in [6.45, 7) is 2.58. The van der Waals surface area contributed by atoms with Crippen molar-refractivity contribution in [2.24, 2.45) is 7.05 Å². The molecule has 1 aliphatic heterocycles. The first-order chi connectivity index (χ1) is 10.9. The lowest BCUT2D eigenvalue weighted by atomic mass is 10.1. The Bertz CT molecular complexity index is 651. The van der Waals surface area contributed by atoms with Crippen molar-refractivity contribution in [3.05, 3.63) is 48.0 Å². The van der Waals surface area contributed by atoms with Gasteiger partial charge in [0, 0.05) is 38.4 Å². The van der Waals surface area contributed by atoms with Gasteiger partial charge in [-0.25, -0.2) is 4.98 Å². The molecule has 0 bridgehead atoms. The van der Waals surface area contributed by atoms with Crippen molar-refractivity contribution in [1.29, 1.82) is 0 Å². The summed E-state index contributed by atoms with van der Waals surface area (Å²) < 4.78 is 42.3.